The first-order valence-corrected chi connectivity index (χ1v) is 6.14. The highest BCUT2D eigenvalue weighted by Gasteiger charge is 2.36. The van der Waals surface area contributed by atoms with Gasteiger partial charge in [0.25, 0.3) is 5.69 Å². The van der Waals surface area contributed by atoms with Gasteiger partial charge >= 0.3 is 0 Å². The summed E-state index contributed by atoms with van der Waals surface area (Å²) in [4.78, 5) is 34.6. The van der Waals surface area contributed by atoms with Crippen molar-refractivity contribution < 1.29 is 19.2 Å². The number of hydrogen-bond acceptors (Lipinski definition) is 5. The molecule has 0 aromatic heterocycles. The number of carbonyl (C=O) groups is 2. The van der Waals surface area contributed by atoms with E-state index in [2.05, 4.69) is 0 Å². The van der Waals surface area contributed by atoms with Crippen molar-refractivity contribution in [2.45, 2.75) is 6.42 Å². The second-order valence-electron chi connectivity index (χ2n) is 4.32. The molecule has 0 spiro atoms. The summed E-state index contributed by atoms with van der Waals surface area (Å²) in [5.41, 5.74) is 0.112. The Balaban J connectivity index is 2.40. The van der Waals surface area contributed by atoms with Crippen LogP contribution in [0.5, 0.6) is 5.75 Å². The molecule has 20 heavy (non-hydrogen) atoms. The second kappa shape index (κ2) is 5.46. The number of nitrogens with zero attached hydrogens (tertiary/aromatic N) is 2. The molecule has 0 bridgehead atoms. The van der Waals surface area contributed by atoms with Gasteiger partial charge in [-0.15, -0.1) is 0 Å². The van der Waals surface area contributed by atoms with Crippen molar-refractivity contribution in [2.24, 2.45) is 5.92 Å². The summed E-state index contributed by atoms with van der Waals surface area (Å²) in [5, 5.41) is 10.2. The van der Waals surface area contributed by atoms with Gasteiger partial charge in [-0.1, -0.05) is 0 Å². The van der Waals surface area contributed by atoms with E-state index in [0.29, 0.717) is 5.75 Å². The van der Waals surface area contributed by atoms with Crippen molar-refractivity contribution in [3.63, 3.8) is 0 Å². The van der Waals surface area contributed by atoms with Crippen molar-refractivity contribution in [1.82, 2.24) is 0 Å². The highest BCUT2D eigenvalue weighted by atomic mass is 35.5. The van der Waals surface area contributed by atoms with Crippen LogP contribution in [0.1, 0.15) is 6.42 Å². The number of nitro groups is 1. The lowest BCUT2D eigenvalue weighted by Crippen LogP contribution is -2.25. The Morgan fingerprint density at radius 2 is 2.25 bits per heavy atom. The Kier molecular flexibility index (Phi) is 3.89. The van der Waals surface area contributed by atoms with Gasteiger partial charge in [-0.3, -0.25) is 19.7 Å². The SMILES string of the molecule is COc1ccc([N+](=O)[O-])cc1N1C[C@@H](C(=O)Cl)CC1=O. The van der Waals surface area contributed by atoms with Gasteiger partial charge in [0, 0.05) is 25.1 Å². The molecule has 1 aliphatic heterocycles. The van der Waals surface area contributed by atoms with Gasteiger partial charge in [0.2, 0.25) is 11.1 Å². The molecule has 0 saturated carbocycles. The first kappa shape index (κ1) is 14.3. The Hall–Kier alpha value is -2.15. The molecule has 7 nitrogen and oxygen atoms in total. The fourth-order valence-corrected chi connectivity index (χ4v) is 2.24. The lowest BCUT2D eigenvalue weighted by Gasteiger charge is -2.18. The summed E-state index contributed by atoms with van der Waals surface area (Å²) in [7, 11) is 1.40. The van der Waals surface area contributed by atoms with Gasteiger partial charge < -0.3 is 9.64 Å². The van der Waals surface area contributed by atoms with Gasteiger partial charge in [-0.25, -0.2) is 0 Å². The molecule has 8 heteroatoms. The Labute approximate surface area is 119 Å². The van der Waals surface area contributed by atoms with Crippen molar-refractivity contribution in [3.05, 3.63) is 28.3 Å². The minimum Gasteiger partial charge on any atom is -0.495 e. The molecule has 1 atom stereocenters. The monoisotopic (exact) mass is 298 g/mol. The number of methoxy groups -OCH3 is 1. The van der Waals surface area contributed by atoms with Crippen LogP contribution in [0.25, 0.3) is 0 Å². The quantitative estimate of drug-likeness (QED) is 0.479. The third-order valence-corrected chi connectivity index (χ3v) is 3.42. The van der Waals surface area contributed by atoms with Crippen molar-refractivity contribution in [3.8, 4) is 5.75 Å². The smallest absolute Gasteiger partial charge is 0.271 e. The van der Waals surface area contributed by atoms with Crippen molar-refractivity contribution >= 4 is 34.1 Å². The van der Waals surface area contributed by atoms with E-state index in [1.807, 2.05) is 0 Å². The molecule has 0 N–H and O–H groups in total. The lowest BCUT2D eigenvalue weighted by atomic mass is 10.1. The summed E-state index contributed by atoms with van der Waals surface area (Å²) in [6.07, 6.45) is -0.00577. The zero-order chi connectivity index (χ0) is 14.9. The minimum absolute atomic E-state index is 0.00577. The molecule has 0 radical (unpaired) electrons. The van der Waals surface area contributed by atoms with Crippen LogP contribution in [0, 0.1) is 16.0 Å². The standard InChI is InChI=1S/C12H11ClN2O5/c1-20-10-3-2-8(15(18)19)5-9(10)14-6-7(12(13)17)4-11(14)16/h2-3,5,7H,4,6H2,1H3/t7-/m0/s1. The molecule has 1 aliphatic rings. The third-order valence-electron chi connectivity index (χ3n) is 3.11. The molecule has 1 fully saturated rings. The van der Waals surface area contributed by atoms with E-state index in [1.54, 1.807) is 0 Å². The predicted molar refractivity (Wildman–Crippen MR) is 71.0 cm³/mol. The number of benzene rings is 1. The molecule has 1 saturated heterocycles. The summed E-state index contributed by atoms with van der Waals surface area (Å²) >= 11 is 5.40. The number of ether oxygens (including phenoxy) is 1. The lowest BCUT2D eigenvalue weighted by molar-refractivity contribution is -0.384. The molecular weight excluding hydrogens is 288 g/mol. The molecule has 1 aromatic rings. The topological polar surface area (TPSA) is 89.8 Å². The average molecular weight is 299 g/mol. The Morgan fingerprint density at radius 3 is 2.75 bits per heavy atom. The first-order valence-electron chi connectivity index (χ1n) is 5.76. The van der Waals surface area contributed by atoms with E-state index in [9.17, 15) is 19.7 Å². The molecular formula is C12H11ClN2O5. The van der Waals surface area contributed by atoms with Gasteiger partial charge in [0.1, 0.15) is 5.75 Å². The van der Waals surface area contributed by atoms with Gasteiger partial charge in [0.15, 0.2) is 0 Å². The second-order valence-corrected chi connectivity index (χ2v) is 4.70. The Bertz CT molecular complexity index is 589. The largest absolute Gasteiger partial charge is 0.495 e. The fourth-order valence-electron chi connectivity index (χ4n) is 2.10. The van der Waals surface area contributed by atoms with Crippen LogP contribution in [0.3, 0.4) is 0 Å². The maximum Gasteiger partial charge on any atom is 0.271 e. The number of hydrogen-bond donors (Lipinski definition) is 0. The van der Waals surface area contributed by atoms with Crippen molar-refractivity contribution in [1.29, 1.82) is 0 Å². The van der Waals surface area contributed by atoms with E-state index >= 15 is 0 Å². The molecule has 1 amide bonds. The van der Waals surface area contributed by atoms with E-state index < -0.39 is 16.1 Å². The molecule has 1 heterocycles. The summed E-state index contributed by atoms with van der Waals surface area (Å²) in [6, 6.07) is 3.95. The zero-order valence-corrected chi connectivity index (χ0v) is 11.3. The number of non-ortho nitro benzene ring substituents is 1. The molecule has 1 aromatic carbocycles. The fraction of sp³-hybridized carbons (Fsp3) is 0.333. The number of anilines is 1. The summed E-state index contributed by atoms with van der Waals surface area (Å²) in [6.45, 7) is 0.0959. The number of halogens is 1. The summed E-state index contributed by atoms with van der Waals surface area (Å²) < 4.78 is 5.10. The van der Waals surface area contributed by atoms with Crippen LogP contribution < -0.4 is 9.64 Å². The van der Waals surface area contributed by atoms with E-state index in [0.717, 1.165) is 0 Å². The number of rotatable bonds is 4. The van der Waals surface area contributed by atoms with Crippen molar-refractivity contribution in [2.75, 3.05) is 18.6 Å². The maximum absolute atomic E-state index is 11.9. The highest BCUT2D eigenvalue weighted by molar-refractivity contribution is 6.64. The molecule has 0 aliphatic carbocycles. The number of carbonyl (C=O) groups excluding carboxylic acids is 2. The van der Waals surface area contributed by atoms with Crippen LogP contribution in [-0.4, -0.2) is 29.7 Å². The van der Waals surface area contributed by atoms with E-state index in [1.165, 1.54) is 30.2 Å². The molecule has 0 unspecified atom stereocenters. The first-order chi connectivity index (χ1) is 9.43. The van der Waals surface area contributed by atoms with E-state index in [-0.39, 0.29) is 30.2 Å². The maximum atomic E-state index is 11.9. The third kappa shape index (κ3) is 2.57. The van der Waals surface area contributed by atoms with Gasteiger partial charge in [0.05, 0.1) is 23.6 Å². The molecule has 2 rings (SSSR count). The Morgan fingerprint density at radius 1 is 1.55 bits per heavy atom. The van der Waals surface area contributed by atoms with Crippen LogP contribution >= 0.6 is 11.6 Å². The normalized spacial score (nSPS) is 18.2. The van der Waals surface area contributed by atoms with Gasteiger partial charge in [-0.05, 0) is 17.7 Å². The number of amides is 1. The average Bonchev–Trinajstić information content (AvgIpc) is 2.80. The highest BCUT2D eigenvalue weighted by Crippen LogP contribution is 2.36. The van der Waals surface area contributed by atoms with Crippen LogP contribution in [-0.2, 0) is 9.59 Å². The van der Waals surface area contributed by atoms with Crippen LogP contribution in [0.2, 0.25) is 0 Å². The van der Waals surface area contributed by atoms with Crippen LogP contribution in [0.15, 0.2) is 18.2 Å². The molecule has 106 valence electrons. The van der Waals surface area contributed by atoms with Gasteiger partial charge in [-0.2, -0.15) is 0 Å². The number of nitro benzene ring substituents is 1. The van der Waals surface area contributed by atoms with E-state index in [4.69, 9.17) is 16.3 Å². The minimum atomic E-state index is -0.604. The van der Waals surface area contributed by atoms with Crippen LogP contribution in [0.4, 0.5) is 11.4 Å². The zero-order valence-electron chi connectivity index (χ0n) is 10.5. The summed E-state index contributed by atoms with van der Waals surface area (Å²) in [5.74, 6) is -0.595. The predicted octanol–water partition coefficient (Wildman–Crippen LogP) is 1.72.